The standard InChI is InChI=1S/C15H11Cl2F2NO/c16-11-3-1-10(14(19)6-11)8-20-15(21)5-9-2-4-12(18)7-13(9)17/h1-4,6-7H,5,8H2,(H,20,21). The molecule has 0 aromatic heterocycles. The Balaban J connectivity index is 1.96. The van der Waals surface area contributed by atoms with Crippen LogP contribution >= 0.6 is 23.2 Å². The molecule has 2 aromatic rings. The number of hydrogen-bond acceptors (Lipinski definition) is 1. The lowest BCUT2D eigenvalue weighted by Gasteiger charge is -2.08. The van der Waals surface area contributed by atoms with Gasteiger partial charge in [-0.15, -0.1) is 0 Å². The maximum Gasteiger partial charge on any atom is 0.224 e. The molecule has 110 valence electrons. The van der Waals surface area contributed by atoms with Gasteiger partial charge in [0.15, 0.2) is 0 Å². The van der Waals surface area contributed by atoms with Crippen molar-refractivity contribution in [2.45, 2.75) is 13.0 Å². The number of carbonyl (C=O) groups excluding carboxylic acids is 1. The Morgan fingerprint density at radius 1 is 1.05 bits per heavy atom. The average Bonchev–Trinajstić information content (AvgIpc) is 2.41. The number of amides is 1. The summed E-state index contributed by atoms with van der Waals surface area (Å²) >= 11 is 11.5. The third kappa shape index (κ3) is 4.41. The van der Waals surface area contributed by atoms with E-state index in [1.54, 1.807) is 6.07 Å². The topological polar surface area (TPSA) is 29.1 Å². The van der Waals surface area contributed by atoms with Crippen molar-refractivity contribution >= 4 is 29.1 Å². The predicted octanol–water partition coefficient (Wildman–Crippen LogP) is 4.13. The Bertz CT molecular complexity index is 677. The SMILES string of the molecule is O=C(Cc1ccc(F)cc1Cl)NCc1ccc(Cl)cc1F. The van der Waals surface area contributed by atoms with Crippen LogP contribution in [-0.4, -0.2) is 5.91 Å². The number of rotatable bonds is 4. The number of hydrogen-bond donors (Lipinski definition) is 1. The smallest absolute Gasteiger partial charge is 0.224 e. The Labute approximate surface area is 130 Å². The van der Waals surface area contributed by atoms with Gasteiger partial charge in [-0.3, -0.25) is 4.79 Å². The van der Waals surface area contributed by atoms with E-state index in [2.05, 4.69) is 5.32 Å². The van der Waals surface area contributed by atoms with Gasteiger partial charge in [0.2, 0.25) is 5.91 Å². The van der Waals surface area contributed by atoms with Crippen molar-refractivity contribution < 1.29 is 13.6 Å². The first-order valence-corrected chi connectivity index (χ1v) is 6.86. The maximum absolute atomic E-state index is 13.5. The van der Waals surface area contributed by atoms with Gasteiger partial charge in [0.1, 0.15) is 11.6 Å². The molecule has 2 aromatic carbocycles. The largest absolute Gasteiger partial charge is 0.352 e. The molecule has 6 heteroatoms. The summed E-state index contributed by atoms with van der Waals surface area (Å²) in [7, 11) is 0. The first-order valence-electron chi connectivity index (χ1n) is 6.10. The van der Waals surface area contributed by atoms with Crippen molar-refractivity contribution in [3.8, 4) is 0 Å². The highest BCUT2D eigenvalue weighted by Crippen LogP contribution is 2.18. The van der Waals surface area contributed by atoms with Gasteiger partial charge in [0, 0.05) is 22.2 Å². The molecule has 0 fully saturated rings. The summed E-state index contributed by atoms with van der Waals surface area (Å²) in [6.45, 7) is 0.0423. The van der Waals surface area contributed by atoms with Gasteiger partial charge >= 0.3 is 0 Å². The third-order valence-corrected chi connectivity index (χ3v) is 3.44. The number of halogens is 4. The lowest BCUT2D eigenvalue weighted by molar-refractivity contribution is -0.120. The van der Waals surface area contributed by atoms with E-state index in [9.17, 15) is 13.6 Å². The molecular formula is C15H11Cl2F2NO. The van der Waals surface area contributed by atoms with Crippen LogP contribution in [0, 0.1) is 11.6 Å². The molecule has 0 aliphatic heterocycles. The molecule has 0 radical (unpaired) electrons. The van der Waals surface area contributed by atoms with Crippen LogP contribution in [0.2, 0.25) is 10.0 Å². The molecule has 0 spiro atoms. The van der Waals surface area contributed by atoms with Gasteiger partial charge in [-0.1, -0.05) is 35.3 Å². The first kappa shape index (κ1) is 15.7. The molecule has 0 aliphatic carbocycles. The summed E-state index contributed by atoms with van der Waals surface area (Å²) in [6.07, 6.45) is -0.00563. The van der Waals surface area contributed by atoms with E-state index < -0.39 is 11.6 Å². The van der Waals surface area contributed by atoms with Gasteiger partial charge in [-0.05, 0) is 29.8 Å². The summed E-state index contributed by atoms with van der Waals surface area (Å²) < 4.78 is 26.4. The zero-order valence-electron chi connectivity index (χ0n) is 10.8. The Morgan fingerprint density at radius 2 is 1.76 bits per heavy atom. The van der Waals surface area contributed by atoms with Crippen molar-refractivity contribution in [3.05, 3.63) is 69.2 Å². The van der Waals surface area contributed by atoms with Crippen LogP contribution in [0.4, 0.5) is 8.78 Å². The van der Waals surface area contributed by atoms with E-state index in [-0.39, 0.29) is 23.9 Å². The van der Waals surface area contributed by atoms with Crippen molar-refractivity contribution in [2.75, 3.05) is 0 Å². The number of carbonyl (C=O) groups is 1. The molecule has 0 saturated heterocycles. The van der Waals surface area contributed by atoms with Crippen molar-refractivity contribution in [1.29, 1.82) is 0 Å². The van der Waals surface area contributed by atoms with Crippen LogP contribution in [-0.2, 0) is 17.8 Å². The molecule has 0 atom stereocenters. The van der Waals surface area contributed by atoms with Crippen LogP contribution < -0.4 is 5.32 Å². The molecule has 21 heavy (non-hydrogen) atoms. The number of benzene rings is 2. The van der Waals surface area contributed by atoms with Crippen molar-refractivity contribution in [1.82, 2.24) is 5.32 Å². The van der Waals surface area contributed by atoms with Crippen LogP contribution in [0.1, 0.15) is 11.1 Å². The summed E-state index contributed by atoms with van der Waals surface area (Å²) in [5.41, 5.74) is 0.838. The molecule has 0 bridgehead atoms. The van der Waals surface area contributed by atoms with E-state index in [0.717, 1.165) is 6.07 Å². The molecule has 0 aliphatic rings. The minimum absolute atomic E-state index is 0.00563. The van der Waals surface area contributed by atoms with E-state index in [1.807, 2.05) is 0 Å². The normalized spacial score (nSPS) is 10.5. The fraction of sp³-hybridized carbons (Fsp3) is 0.133. The van der Waals surface area contributed by atoms with Gasteiger partial charge in [0.25, 0.3) is 0 Å². The van der Waals surface area contributed by atoms with Crippen LogP contribution in [0.15, 0.2) is 36.4 Å². The molecule has 2 rings (SSSR count). The van der Waals surface area contributed by atoms with E-state index in [0.29, 0.717) is 16.1 Å². The van der Waals surface area contributed by atoms with Gasteiger partial charge in [-0.2, -0.15) is 0 Å². The molecule has 0 unspecified atom stereocenters. The average molecular weight is 330 g/mol. The Hall–Kier alpha value is -1.65. The van der Waals surface area contributed by atoms with Crippen molar-refractivity contribution in [2.24, 2.45) is 0 Å². The van der Waals surface area contributed by atoms with Crippen molar-refractivity contribution in [3.63, 3.8) is 0 Å². The van der Waals surface area contributed by atoms with E-state index in [4.69, 9.17) is 23.2 Å². The quantitative estimate of drug-likeness (QED) is 0.897. The molecule has 0 saturated carbocycles. The minimum atomic E-state index is -0.484. The van der Waals surface area contributed by atoms with Gasteiger partial charge < -0.3 is 5.32 Å². The van der Waals surface area contributed by atoms with E-state index in [1.165, 1.54) is 24.3 Å². The highest BCUT2D eigenvalue weighted by molar-refractivity contribution is 6.31. The predicted molar refractivity (Wildman–Crippen MR) is 78.4 cm³/mol. The van der Waals surface area contributed by atoms with Crippen LogP contribution in [0.25, 0.3) is 0 Å². The second-order valence-corrected chi connectivity index (χ2v) is 5.27. The fourth-order valence-electron chi connectivity index (χ4n) is 1.76. The second-order valence-electron chi connectivity index (χ2n) is 4.42. The van der Waals surface area contributed by atoms with Gasteiger partial charge in [0.05, 0.1) is 6.42 Å². The third-order valence-electron chi connectivity index (χ3n) is 2.86. The summed E-state index contributed by atoms with van der Waals surface area (Å²) in [5, 5.41) is 3.05. The summed E-state index contributed by atoms with van der Waals surface area (Å²) in [4.78, 5) is 11.8. The Kier molecular flexibility index (Phi) is 5.15. The van der Waals surface area contributed by atoms with Crippen LogP contribution in [0.5, 0.6) is 0 Å². The second kappa shape index (κ2) is 6.87. The molecular weight excluding hydrogens is 319 g/mol. The molecule has 0 heterocycles. The first-order chi connectivity index (χ1) is 9.95. The van der Waals surface area contributed by atoms with Gasteiger partial charge in [-0.25, -0.2) is 8.78 Å². The summed E-state index contributed by atoms with van der Waals surface area (Å²) in [6, 6.07) is 8.04. The summed E-state index contributed by atoms with van der Waals surface area (Å²) in [5.74, 6) is -1.28. The fourth-order valence-corrected chi connectivity index (χ4v) is 2.15. The highest BCUT2D eigenvalue weighted by atomic mass is 35.5. The monoisotopic (exact) mass is 329 g/mol. The lowest BCUT2D eigenvalue weighted by Crippen LogP contribution is -2.25. The minimum Gasteiger partial charge on any atom is -0.352 e. The zero-order chi connectivity index (χ0) is 15.4. The zero-order valence-corrected chi connectivity index (χ0v) is 12.3. The lowest BCUT2D eigenvalue weighted by atomic mass is 10.1. The molecule has 2 nitrogen and oxygen atoms in total. The van der Waals surface area contributed by atoms with Crippen LogP contribution in [0.3, 0.4) is 0 Å². The van der Waals surface area contributed by atoms with E-state index >= 15 is 0 Å². The number of nitrogens with one attached hydrogen (secondary N) is 1. The Morgan fingerprint density at radius 3 is 2.43 bits per heavy atom. The molecule has 1 N–H and O–H groups in total. The highest BCUT2D eigenvalue weighted by Gasteiger charge is 2.09. The maximum atomic E-state index is 13.5. The molecule has 1 amide bonds.